The number of nitrogens with zero attached hydrogens (tertiary/aromatic N) is 1. The van der Waals surface area contributed by atoms with Crippen molar-refractivity contribution in [2.45, 2.75) is 81.9 Å². The second kappa shape index (κ2) is 8.58. The molecule has 0 atom stereocenters. The second-order valence-corrected chi connectivity index (χ2v) is 9.40. The molecule has 3 rings (SSSR count). The number of hydrogen-bond acceptors (Lipinski definition) is 2. The maximum atomic E-state index is 2.78. The van der Waals surface area contributed by atoms with Gasteiger partial charge in [-0.1, -0.05) is 50.8 Å². The number of thioether (sulfide) groups is 1. The van der Waals surface area contributed by atoms with Crippen LogP contribution >= 0.6 is 11.8 Å². The lowest BCUT2D eigenvalue weighted by Gasteiger charge is -2.38. The predicted molar refractivity (Wildman–Crippen MR) is 108 cm³/mol. The minimum absolute atomic E-state index is 0.652. The topological polar surface area (TPSA) is 3.24 Å². The molecule has 1 saturated carbocycles. The Morgan fingerprint density at radius 1 is 1.00 bits per heavy atom. The van der Waals surface area contributed by atoms with Gasteiger partial charge < -0.3 is 0 Å². The first-order valence-electron chi connectivity index (χ1n) is 9.83. The number of benzene rings is 1. The molecule has 0 amide bonds. The number of rotatable bonds is 4. The van der Waals surface area contributed by atoms with E-state index in [1.165, 1.54) is 74.1 Å². The molecule has 0 radical (unpaired) electrons. The summed E-state index contributed by atoms with van der Waals surface area (Å²) >= 11 is 1.95. The van der Waals surface area contributed by atoms with Crippen molar-refractivity contribution < 1.29 is 0 Å². The Morgan fingerprint density at radius 3 is 2.21 bits per heavy atom. The lowest BCUT2D eigenvalue weighted by Crippen LogP contribution is -2.40. The van der Waals surface area contributed by atoms with Gasteiger partial charge in [-0.15, -0.1) is 11.8 Å². The van der Waals surface area contributed by atoms with Gasteiger partial charge in [-0.05, 0) is 55.9 Å². The van der Waals surface area contributed by atoms with Crippen LogP contribution < -0.4 is 0 Å². The van der Waals surface area contributed by atoms with Crippen molar-refractivity contribution in [1.29, 1.82) is 0 Å². The van der Waals surface area contributed by atoms with Crippen LogP contribution in [0.1, 0.15) is 71.3 Å². The van der Waals surface area contributed by atoms with E-state index in [2.05, 4.69) is 49.9 Å². The van der Waals surface area contributed by atoms with Gasteiger partial charge in [-0.3, -0.25) is 4.90 Å². The van der Waals surface area contributed by atoms with E-state index in [1.54, 1.807) is 5.57 Å². The first kappa shape index (κ1) is 18.1. The molecule has 0 aromatic heterocycles. The SMILES string of the molecule is CC(=C1CCN(C2CCCCC2)CC1)c1ccc(SC(C)C)cc1. The molecule has 0 N–H and O–H groups in total. The third-order valence-corrected chi connectivity index (χ3v) is 6.70. The maximum absolute atomic E-state index is 2.78. The monoisotopic (exact) mass is 343 g/mol. The lowest BCUT2D eigenvalue weighted by atomic mass is 9.90. The number of allylic oxidation sites excluding steroid dienone is 1. The van der Waals surface area contributed by atoms with Gasteiger partial charge in [0.15, 0.2) is 0 Å². The number of hydrogen-bond donors (Lipinski definition) is 0. The van der Waals surface area contributed by atoms with Crippen molar-refractivity contribution in [2.75, 3.05) is 13.1 Å². The van der Waals surface area contributed by atoms with E-state index in [0.717, 1.165) is 6.04 Å². The summed E-state index contributed by atoms with van der Waals surface area (Å²) in [7, 11) is 0. The van der Waals surface area contributed by atoms with Crippen LogP contribution in [0.4, 0.5) is 0 Å². The van der Waals surface area contributed by atoms with Crippen LogP contribution in [0.15, 0.2) is 34.7 Å². The zero-order chi connectivity index (χ0) is 16.9. The molecule has 1 heterocycles. The van der Waals surface area contributed by atoms with E-state index in [4.69, 9.17) is 0 Å². The molecule has 0 spiro atoms. The van der Waals surface area contributed by atoms with E-state index in [1.807, 2.05) is 11.8 Å². The molecular weight excluding hydrogens is 310 g/mol. The Labute approximate surface area is 152 Å². The van der Waals surface area contributed by atoms with Crippen molar-refractivity contribution in [2.24, 2.45) is 0 Å². The lowest BCUT2D eigenvalue weighted by molar-refractivity contribution is 0.146. The van der Waals surface area contributed by atoms with Crippen molar-refractivity contribution in [3.05, 3.63) is 35.4 Å². The Morgan fingerprint density at radius 2 is 1.62 bits per heavy atom. The summed E-state index contributed by atoms with van der Waals surface area (Å²) in [6.45, 7) is 9.39. The molecule has 1 aromatic carbocycles. The molecule has 24 heavy (non-hydrogen) atoms. The fourth-order valence-electron chi connectivity index (χ4n) is 4.24. The van der Waals surface area contributed by atoms with Gasteiger partial charge in [0.25, 0.3) is 0 Å². The van der Waals surface area contributed by atoms with Crippen LogP contribution in [0.3, 0.4) is 0 Å². The van der Waals surface area contributed by atoms with Crippen LogP contribution in [0.2, 0.25) is 0 Å². The van der Waals surface area contributed by atoms with Gasteiger partial charge in [0.2, 0.25) is 0 Å². The summed E-state index contributed by atoms with van der Waals surface area (Å²) in [5, 5.41) is 0.652. The highest BCUT2D eigenvalue weighted by Gasteiger charge is 2.24. The molecule has 1 aliphatic carbocycles. The summed E-state index contributed by atoms with van der Waals surface area (Å²) in [6, 6.07) is 10.1. The van der Waals surface area contributed by atoms with Crippen molar-refractivity contribution in [3.63, 3.8) is 0 Å². The summed E-state index contributed by atoms with van der Waals surface area (Å²) in [5.74, 6) is 0. The largest absolute Gasteiger partial charge is 0.300 e. The second-order valence-electron chi connectivity index (χ2n) is 7.75. The third kappa shape index (κ3) is 4.67. The summed E-state index contributed by atoms with van der Waals surface area (Å²) in [6.07, 6.45) is 9.77. The Hall–Kier alpha value is -0.730. The highest BCUT2D eigenvalue weighted by atomic mass is 32.2. The Kier molecular flexibility index (Phi) is 6.46. The molecule has 2 heteroatoms. The molecule has 1 aliphatic heterocycles. The molecule has 2 aliphatic rings. The first-order valence-corrected chi connectivity index (χ1v) is 10.7. The van der Waals surface area contributed by atoms with E-state index < -0.39 is 0 Å². The molecule has 1 nitrogen and oxygen atoms in total. The molecule has 132 valence electrons. The van der Waals surface area contributed by atoms with Gasteiger partial charge in [-0.2, -0.15) is 0 Å². The Bertz CT molecular complexity index is 542. The zero-order valence-electron chi connectivity index (χ0n) is 15.7. The van der Waals surface area contributed by atoms with E-state index in [9.17, 15) is 0 Å². The van der Waals surface area contributed by atoms with Crippen molar-refractivity contribution in [1.82, 2.24) is 4.90 Å². The van der Waals surface area contributed by atoms with Crippen LogP contribution in [0.5, 0.6) is 0 Å². The minimum atomic E-state index is 0.652. The fourth-order valence-corrected chi connectivity index (χ4v) is 5.08. The third-order valence-electron chi connectivity index (χ3n) is 5.68. The average Bonchev–Trinajstić information content (AvgIpc) is 2.62. The molecule has 0 bridgehead atoms. The smallest absolute Gasteiger partial charge is 0.00955 e. The zero-order valence-corrected chi connectivity index (χ0v) is 16.5. The van der Waals surface area contributed by atoms with Gasteiger partial charge >= 0.3 is 0 Å². The summed E-state index contributed by atoms with van der Waals surface area (Å²) in [4.78, 5) is 4.16. The van der Waals surface area contributed by atoms with Crippen LogP contribution in [0.25, 0.3) is 5.57 Å². The van der Waals surface area contributed by atoms with Crippen LogP contribution in [0, 0.1) is 0 Å². The summed E-state index contributed by atoms with van der Waals surface area (Å²) in [5.41, 5.74) is 4.63. The average molecular weight is 344 g/mol. The van der Waals surface area contributed by atoms with Crippen molar-refractivity contribution >= 4 is 17.3 Å². The van der Waals surface area contributed by atoms with Crippen LogP contribution in [-0.4, -0.2) is 29.3 Å². The highest BCUT2D eigenvalue weighted by Crippen LogP contribution is 2.31. The quantitative estimate of drug-likeness (QED) is 0.583. The summed E-state index contributed by atoms with van der Waals surface area (Å²) < 4.78 is 0. The van der Waals surface area contributed by atoms with E-state index in [0.29, 0.717) is 5.25 Å². The van der Waals surface area contributed by atoms with Crippen LogP contribution in [-0.2, 0) is 0 Å². The molecule has 2 fully saturated rings. The van der Waals surface area contributed by atoms with E-state index >= 15 is 0 Å². The molecule has 0 unspecified atom stereocenters. The standard InChI is InChI=1S/C22H33NS/c1-17(2)24-22-11-9-19(10-12-22)18(3)20-13-15-23(16-14-20)21-7-5-4-6-8-21/h9-12,17,21H,4-8,13-16H2,1-3H3. The van der Waals surface area contributed by atoms with Gasteiger partial charge in [0.1, 0.15) is 0 Å². The number of likely N-dealkylation sites (tertiary alicyclic amines) is 1. The van der Waals surface area contributed by atoms with Gasteiger partial charge in [0.05, 0.1) is 0 Å². The number of piperidine rings is 1. The highest BCUT2D eigenvalue weighted by molar-refractivity contribution is 7.99. The first-order chi connectivity index (χ1) is 11.6. The van der Waals surface area contributed by atoms with Crippen molar-refractivity contribution in [3.8, 4) is 0 Å². The van der Waals surface area contributed by atoms with Gasteiger partial charge in [0, 0.05) is 29.3 Å². The normalized spacial score (nSPS) is 20.6. The molecule has 1 aromatic rings. The maximum Gasteiger partial charge on any atom is 0.00955 e. The molecule has 1 saturated heterocycles. The predicted octanol–water partition coefficient (Wildman–Crippen LogP) is 6.39. The Balaban J connectivity index is 1.60. The fraction of sp³-hybridized carbons (Fsp3) is 0.636. The molecular formula is C22H33NS. The van der Waals surface area contributed by atoms with E-state index in [-0.39, 0.29) is 0 Å². The van der Waals surface area contributed by atoms with Gasteiger partial charge in [-0.25, -0.2) is 0 Å². The minimum Gasteiger partial charge on any atom is -0.300 e.